The molecule has 2 N–H and O–H groups in total. The number of rotatable bonds is 22. The third-order valence-corrected chi connectivity index (χ3v) is 11.0. The van der Waals surface area contributed by atoms with Gasteiger partial charge >= 0.3 is 0 Å². The average Bonchev–Trinajstić information content (AvgIpc) is 3.40. The quantitative estimate of drug-likeness (QED) is 0.110. The van der Waals surface area contributed by atoms with E-state index in [1.165, 1.54) is 76.0 Å². The normalized spacial score (nSPS) is 27.7. The number of aliphatic hydroxyl groups is 2. The van der Waals surface area contributed by atoms with Crippen molar-refractivity contribution < 1.29 is 34.1 Å². The molecule has 274 valence electrons. The van der Waals surface area contributed by atoms with Gasteiger partial charge in [0.25, 0.3) is 0 Å². The number of hydrogen-bond donors (Lipinski definition) is 2. The highest BCUT2D eigenvalue weighted by molar-refractivity contribution is 6.06. The second-order valence-corrected chi connectivity index (χ2v) is 15.3. The van der Waals surface area contributed by atoms with E-state index in [4.69, 9.17) is 9.47 Å². The highest BCUT2D eigenvalue weighted by Crippen LogP contribution is 2.47. The maximum Gasteiger partial charge on any atom is 0.181 e. The van der Waals surface area contributed by atoms with Crippen molar-refractivity contribution >= 4 is 17.3 Å². The fraction of sp³-hybridized carbons (Fsp3) is 0.738. The monoisotopic (exact) mass is 680 g/mol. The van der Waals surface area contributed by atoms with Crippen molar-refractivity contribution in [3.05, 3.63) is 47.6 Å². The molecule has 2 aliphatic heterocycles. The number of ether oxygens (including phenoxy) is 2. The van der Waals surface area contributed by atoms with Crippen LogP contribution in [0.3, 0.4) is 0 Å². The molecule has 49 heavy (non-hydrogen) atoms. The summed E-state index contributed by atoms with van der Waals surface area (Å²) in [4.78, 5) is 38.4. The van der Waals surface area contributed by atoms with Crippen molar-refractivity contribution in [1.82, 2.24) is 0 Å². The number of Topliss-reactive ketones (excluding diaryl/α,β-unsaturated/α-hetero) is 1. The molecule has 0 bridgehead atoms. The van der Waals surface area contributed by atoms with Crippen LogP contribution in [-0.2, 0) is 23.9 Å². The number of carbonyl (C=O) groups excluding carboxylic acids is 3. The molecule has 0 saturated carbocycles. The number of carbonyl (C=O) groups is 3. The Balaban J connectivity index is 1.33. The summed E-state index contributed by atoms with van der Waals surface area (Å²) in [6.07, 6.45) is 30.1. The van der Waals surface area contributed by atoms with E-state index < -0.39 is 29.2 Å². The topological polar surface area (TPSA) is 110 Å². The highest BCUT2D eigenvalue weighted by Gasteiger charge is 2.52. The van der Waals surface area contributed by atoms with Gasteiger partial charge in [-0.1, -0.05) is 97.3 Å². The van der Waals surface area contributed by atoms with Crippen molar-refractivity contribution in [2.45, 2.75) is 197 Å². The van der Waals surface area contributed by atoms with Gasteiger partial charge in [-0.3, -0.25) is 14.4 Å². The zero-order chi connectivity index (χ0) is 35.2. The Morgan fingerprint density at radius 1 is 0.796 bits per heavy atom. The predicted octanol–water partition coefficient (Wildman–Crippen LogP) is 9.04. The lowest BCUT2D eigenvalue weighted by atomic mass is 9.76. The van der Waals surface area contributed by atoms with E-state index >= 15 is 0 Å². The summed E-state index contributed by atoms with van der Waals surface area (Å²) in [5.41, 5.74) is -0.435. The number of hydrogen-bond acceptors (Lipinski definition) is 7. The molecule has 2 fully saturated rings. The molecular weight excluding hydrogens is 616 g/mol. The summed E-state index contributed by atoms with van der Waals surface area (Å²) in [7, 11) is 0. The Morgan fingerprint density at radius 2 is 1.41 bits per heavy atom. The second-order valence-electron chi connectivity index (χ2n) is 15.3. The smallest absolute Gasteiger partial charge is 0.181 e. The minimum atomic E-state index is -1.14. The van der Waals surface area contributed by atoms with Gasteiger partial charge in [0.15, 0.2) is 17.4 Å². The zero-order valence-electron chi connectivity index (χ0n) is 30.5. The third-order valence-electron chi connectivity index (χ3n) is 11.0. The summed E-state index contributed by atoms with van der Waals surface area (Å²) < 4.78 is 12.8. The number of allylic oxidation sites excluding steroid dienone is 4. The van der Waals surface area contributed by atoms with Crippen molar-refractivity contribution in [1.29, 1.82) is 0 Å². The van der Waals surface area contributed by atoms with Gasteiger partial charge in [-0.2, -0.15) is 0 Å². The third kappa shape index (κ3) is 11.9. The molecule has 0 aromatic carbocycles. The van der Waals surface area contributed by atoms with Gasteiger partial charge in [-0.05, 0) is 80.6 Å². The molecule has 1 unspecified atom stereocenters. The van der Waals surface area contributed by atoms with Crippen molar-refractivity contribution in [3.63, 3.8) is 0 Å². The zero-order valence-corrected chi connectivity index (χ0v) is 30.5. The van der Waals surface area contributed by atoms with Crippen LogP contribution in [0.5, 0.6) is 0 Å². The van der Waals surface area contributed by atoms with Crippen LogP contribution in [0.1, 0.15) is 168 Å². The number of aliphatic hydroxyl groups excluding tert-OH is 1. The maximum absolute atomic E-state index is 13.4. The van der Waals surface area contributed by atoms with Crippen LogP contribution in [0.15, 0.2) is 47.6 Å². The summed E-state index contributed by atoms with van der Waals surface area (Å²) in [5, 5.41) is 22.7. The molecule has 2 heterocycles. The molecule has 0 aromatic rings. The minimum absolute atomic E-state index is 0.0274. The van der Waals surface area contributed by atoms with E-state index in [0.717, 1.165) is 44.1 Å². The molecule has 7 heteroatoms. The molecule has 2 spiro atoms. The molecule has 0 aromatic heterocycles. The first-order valence-electron chi connectivity index (χ1n) is 19.8. The highest BCUT2D eigenvalue weighted by atomic mass is 16.7. The lowest BCUT2D eigenvalue weighted by Gasteiger charge is -2.41. The van der Waals surface area contributed by atoms with Crippen molar-refractivity contribution in [2.75, 3.05) is 0 Å². The maximum atomic E-state index is 13.4. The Bertz CT molecular complexity index is 1210. The van der Waals surface area contributed by atoms with Gasteiger partial charge in [0.1, 0.15) is 17.0 Å². The van der Waals surface area contributed by atoms with Crippen LogP contribution in [-0.4, -0.2) is 56.8 Å². The molecular formula is C42H64O7. The lowest BCUT2D eigenvalue weighted by molar-refractivity contribution is -0.290. The van der Waals surface area contributed by atoms with Gasteiger partial charge < -0.3 is 19.7 Å². The number of ketones is 3. The molecule has 2 saturated heterocycles. The Kier molecular flexibility index (Phi) is 15.7. The largest absolute Gasteiger partial charge is 0.393 e. The molecule has 0 amide bonds. The van der Waals surface area contributed by atoms with E-state index in [9.17, 15) is 24.6 Å². The van der Waals surface area contributed by atoms with Crippen LogP contribution < -0.4 is 0 Å². The molecule has 4 atom stereocenters. The summed E-state index contributed by atoms with van der Waals surface area (Å²) >= 11 is 0. The van der Waals surface area contributed by atoms with Gasteiger partial charge in [-0.15, -0.1) is 0 Å². The van der Waals surface area contributed by atoms with Gasteiger partial charge in [0.2, 0.25) is 0 Å². The molecule has 4 rings (SSSR count). The Labute approximate surface area is 295 Å². The standard InChI is InChI=1S/C42H64O7/c1-3-5-7-9-10-11-12-13-15-17-24-41(47)27-23-39(46)37(38(41)18-16-14-8-6-4-2)20-19-34(44)30-36-31-35(45)32-42(48-36)29-28-40(49-42)25-21-33(43)22-26-40/h21-23,25-27,35-36,45,47H,3-20,24,28-32H2,1-2H3/t35-,36+,41?,42-/m1/s1. The van der Waals surface area contributed by atoms with E-state index in [1.807, 2.05) is 0 Å². The lowest BCUT2D eigenvalue weighted by Crippen LogP contribution is -2.48. The number of unbranched alkanes of at least 4 members (excludes halogenated alkanes) is 13. The summed E-state index contributed by atoms with van der Waals surface area (Å²) in [5.74, 6) is -1.20. The van der Waals surface area contributed by atoms with E-state index in [1.54, 1.807) is 18.2 Å². The van der Waals surface area contributed by atoms with Crippen LogP contribution >= 0.6 is 0 Å². The predicted molar refractivity (Wildman–Crippen MR) is 194 cm³/mol. The van der Waals surface area contributed by atoms with Crippen LogP contribution in [0.4, 0.5) is 0 Å². The van der Waals surface area contributed by atoms with Gasteiger partial charge in [-0.25, -0.2) is 0 Å². The summed E-state index contributed by atoms with van der Waals surface area (Å²) in [6.45, 7) is 4.44. The first-order chi connectivity index (χ1) is 23.6. The van der Waals surface area contributed by atoms with Gasteiger partial charge in [0.05, 0.1) is 12.2 Å². The Hall–Kier alpha value is -2.19. The first kappa shape index (κ1) is 39.6. The second kappa shape index (κ2) is 19.4. The average molecular weight is 681 g/mol. The SMILES string of the molecule is CCCCCCCCCCCCC1(O)C=CC(=O)C(CCC(=O)C[C@H]2C[C@@H](O)C[C@]3(CCC4(C=CC(=O)C=C4)O3)O2)=C1CCCCCCC. The van der Waals surface area contributed by atoms with E-state index in [0.29, 0.717) is 50.5 Å². The van der Waals surface area contributed by atoms with E-state index in [2.05, 4.69) is 13.8 Å². The van der Waals surface area contributed by atoms with Crippen molar-refractivity contribution in [3.8, 4) is 0 Å². The van der Waals surface area contributed by atoms with Crippen molar-refractivity contribution in [2.24, 2.45) is 0 Å². The fourth-order valence-electron chi connectivity index (χ4n) is 8.23. The molecule has 2 aliphatic carbocycles. The van der Waals surface area contributed by atoms with E-state index in [-0.39, 0.29) is 30.2 Å². The van der Waals surface area contributed by atoms with Crippen LogP contribution in [0, 0.1) is 0 Å². The molecule has 7 nitrogen and oxygen atoms in total. The Morgan fingerprint density at radius 3 is 2.06 bits per heavy atom. The first-order valence-corrected chi connectivity index (χ1v) is 19.8. The molecule has 0 radical (unpaired) electrons. The molecule has 4 aliphatic rings. The van der Waals surface area contributed by atoms with Crippen LogP contribution in [0.25, 0.3) is 0 Å². The van der Waals surface area contributed by atoms with Crippen LogP contribution in [0.2, 0.25) is 0 Å². The van der Waals surface area contributed by atoms with Gasteiger partial charge in [0, 0.05) is 37.7 Å². The summed E-state index contributed by atoms with van der Waals surface area (Å²) in [6, 6.07) is 0. The minimum Gasteiger partial charge on any atom is -0.393 e. The fourth-order valence-corrected chi connectivity index (χ4v) is 8.23.